The fourth-order valence-corrected chi connectivity index (χ4v) is 2.22. The second-order valence-electron chi connectivity index (χ2n) is 4.01. The fraction of sp³-hybridized carbons (Fsp3) is 0.0714. The van der Waals surface area contributed by atoms with E-state index in [1.165, 1.54) is 5.56 Å². The van der Waals surface area contributed by atoms with Crippen LogP contribution in [0.2, 0.25) is 0 Å². The van der Waals surface area contributed by atoms with Crippen molar-refractivity contribution in [2.45, 2.75) is 6.92 Å². The van der Waals surface area contributed by atoms with Gasteiger partial charge in [-0.25, -0.2) is 0 Å². The molecule has 2 aromatic carbocycles. The SMILES string of the molecule is Cc1ccc2c3ccccc3n(C=O)c2c1. The Hall–Kier alpha value is -2.09. The lowest BCUT2D eigenvalue weighted by Crippen LogP contribution is -1.93. The van der Waals surface area contributed by atoms with E-state index in [9.17, 15) is 4.79 Å². The van der Waals surface area contributed by atoms with Gasteiger partial charge in [-0.3, -0.25) is 9.36 Å². The molecule has 0 aliphatic rings. The molecule has 1 aromatic heterocycles. The average Bonchev–Trinajstić information content (AvgIpc) is 2.61. The maximum atomic E-state index is 11.2. The van der Waals surface area contributed by atoms with Gasteiger partial charge < -0.3 is 0 Å². The number of fused-ring (bicyclic) bond motifs is 3. The average molecular weight is 209 g/mol. The molecule has 2 nitrogen and oxygen atoms in total. The maximum absolute atomic E-state index is 11.2. The molecule has 0 aliphatic carbocycles. The summed E-state index contributed by atoms with van der Waals surface area (Å²) in [5.41, 5.74) is 3.12. The summed E-state index contributed by atoms with van der Waals surface area (Å²) >= 11 is 0. The molecule has 0 bridgehead atoms. The first-order chi connectivity index (χ1) is 7.81. The van der Waals surface area contributed by atoms with Crippen molar-refractivity contribution in [3.63, 3.8) is 0 Å². The van der Waals surface area contributed by atoms with E-state index >= 15 is 0 Å². The maximum Gasteiger partial charge on any atom is 0.218 e. The van der Waals surface area contributed by atoms with Crippen molar-refractivity contribution in [3.05, 3.63) is 48.0 Å². The molecule has 3 rings (SSSR count). The van der Waals surface area contributed by atoms with Gasteiger partial charge in [0.2, 0.25) is 6.41 Å². The van der Waals surface area contributed by atoms with Crippen LogP contribution < -0.4 is 0 Å². The molecule has 0 fully saturated rings. The highest BCUT2D eigenvalue weighted by molar-refractivity contribution is 6.11. The van der Waals surface area contributed by atoms with Crippen LogP contribution in [0.3, 0.4) is 0 Å². The van der Waals surface area contributed by atoms with Crippen molar-refractivity contribution in [2.75, 3.05) is 0 Å². The van der Waals surface area contributed by atoms with E-state index in [-0.39, 0.29) is 0 Å². The Bertz CT molecular complexity index is 694. The molecular formula is C14H11NO. The third kappa shape index (κ3) is 1.10. The third-order valence-electron chi connectivity index (χ3n) is 2.97. The third-order valence-corrected chi connectivity index (χ3v) is 2.97. The van der Waals surface area contributed by atoms with E-state index in [4.69, 9.17) is 0 Å². The van der Waals surface area contributed by atoms with Gasteiger partial charge in [0.25, 0.3) is 0 Å². The molecule has 0 radical (unpaired) electrons. The Balaban J connectivity index is 2.63. The number of carbonyl (C=O) groups is 1. The van der Waals surface area contributed by atoms with E-state index in [0.717, 1.165) is 28.2 Å². The minimum atomic E-state index is 0.879. The summed E-state index contributed by atoms with van der Waals surface area (Å²) in [5.74, 6) is 0. The number of hydrogen-bond donors (Lipinski definition) is 0. The van der Waals surface area contributed by atoms with Gasteiger partial charge in [-0.1, -0.05) is 30.3 Å². The van der Waals surface area contributed by atoms with Gasteiger partial charge in [0.1, 0.15) is 0 Å². The van der Waals surface area contributed by atoms with Crippen molar-refractivity contribution >= 4 is 28.2 Å². The Morgan fingerprint density at radius 2 is 1.75 bits per heavy atom. The van der Waals surface area contributed by atoms with Crippen LogP contribution in [0.4, 0.5) is 0 Å². The van der Waals surface area contributed by atoms with Gasteiger partial charge in [0, 0.05) is 10.8 Å². The molecule has 3 aromatic rings. The van der Waals surface area contributed by atoms with Gasteiger partial charge in [0.05, 0.1) is 11.0 Å². The number of hydrogen-bond acceptors (Lipinski definition) is 1. The molecule has 78 valence electrons. The largest absolute Gasteiger partial charge is 0.282 e. The lowest BCUT2D eigenvalue weighted by Gasteiger charge is -1.96. The molecule has 0 saturated carbocycles. The standard InChI is InChI=1S/C14H11NO/c1-10-6-7-12-11-4-2-3-5-13(11)15(9-16)14(12)8-10/h2-9H,1H3. The van der Waals surface area contributed by atoms with Gasteiger partial charge in [0.15, 0.2) is 0 Å². The summed E-state index contributed by atoms with van der Waals surface area (Å²) in [4.78, 5) is 11.2. The van der Waals surface area contributed by atoms with Crippen LogP contribution in [0, 0.1) is 6.92 Å². The Morgan fingerprint density at radius 1 is 1.00 bits per heavy atom. The first kappa shape index (κ1) is 9.16. The van der Waals surface area contributed by atoms with Crippen molar-refractivity contribution in [3.8, 4) is 0 Å². The molecule has 2 heteroatoms. The number of aromatic nitrogens is 1. The van der Waals surface area contributed by atoms with Gasteiger partial charge in [-0.15, -0.1) is 0 Å². The second-order valence-corrected chi connectivity index (χ2v) is 4.01. The van der Waals surface area contributed by atoms with Gasteiger partial charge >= 0.3 is 0 Å². The van der Waals surface area contributed by atoms with Crippen LogP contribution in [0.15, 0.2) is 42.5 Å². The van der Waals surface area contributed by atoms with Crippen LogP contribution >= 0.6 is 0 Å². The summed E-state index contributed by atoms with van der Waals surface area (Å²) in [6, 6.07) is 14.2. The molecule has 0 amide bonds. The van der Waals surface area contributed by atoms with Gasteiger partial charge in [-0.2, -0.15) is 0 Å². The summed E-state index contributed by atoms with van der Waals surface area (Å²) in [6.45, 7) is 2.03. The fourth-order valence-electron chi connectivity index (χ4n) is 2.22. The molecule has 1 heterocycles. The Morgan fingerprint density at radius 3 is 2.56 bits per heavy atom. The smallest absolute Gasteiger partial charge is 0.218 e. The van der Waals surface area contributed by atoms with Crippen molar-refractivity contribution in [1.29, 1.82) is 0 Å². The molecule has 0 N–H and O–H groups in total. The Labute approximate surface area is 93.1 Å². The highest BCUT2D eigenvalue weighted by atomic mass is 16.1. The lowest BCUT2D eigenvalue weighted by atomic mass is 10.1. The summed E-state index contributed by atoms with van der Waals surface area (Å²) < 4.78 is 1.71. The second kappa shape index (κ2) is 3.20. The Kier molecular flexibility index (Phi) is 1.83. The number of carbonyl (C=O) groups excluding carboxylic acids is 1. The summed E-state index contributed by atoms with van der Waals surface area (Å²) in [5, 5.41) is 2.26. The highest BCUT2D eigenvalue weighted by Crippen LogP contribution is 2.28. The lowest BCUT2D eigenvalue weighted by molar-refractivity contribution is 0.550. The van der Waals surface area contributed by atoms with E-state index in [1.807, 2.05) is 37.3 Å². The number of nitrogens with zero attached hydrogens (tertiary/aromatic N) is 1. The molecule has 0 aliphatic heterocycles. The van der Waals surface area contributed by atoms with Gasteiger partial charge in [-0.05, 0) is 24.6 Å². The normalized spacial score (nSPS) is 11.1. The predicted octanol–water partition coefficient (Wildman–Crippen LogP) is 3.14. The molecular weight excluding hydrogens is 198 g/mol. The van der Waals surface area contributed by atoms with Crippen LogP contribution in [0.25, 0.3) is 21.8 Å². The first-order valence-corrected chi connectivity index (χ1v) is 5.26. The zero-order chi connectivity index (χ0) is 11.1. The monoisotopic (exact) mass is 209 g/mol. The minimum absolute atomic E-state index is 0.879. The van der Waals surface area contributed by atoms with Crippen LogP contribution in [0.5, 0.6) is 0 Å². The molecule has 16 heavy (non-hydrogen) atoms. The van der Waals surface area contributed by atoms with Crippen LogP contribution in [0.1, 0.15) is 5.56 Å². The minimum Gasteiger partial charge on any atom is -0.282 e. The predicted molar refractivity (Wildman–Crippen MR) is 66.3 cm³/mol. The zero-order valence-electron chi connectivity index (χ0n) is 8.97. The molecule has 0 spiro atoms. The molecule has 0 saturated heterocycles. The highest BCUT2D eigenvalue weighted by Gasteiger charge is 2.08. The van der Waals surface area contributed by atoms with Crippen molar-refractivity contribution < 1.29 is 4.79 Å². The first-order valence-electron chi connectivity index (χ1n) is 5.26. The van der Waals surface area contributed by atoms with Crippen LogP contribution in [-0.2, 0) is 4.79 Å². The number of aryl methyl sites for hydroxylation is 1. The molecule has 0 atom stereocenters. The summed E-state index contributed by atoms with van der Waals surface area (Å²) in [6.07, 6.45) is 0.879. The van der Waals surface area contributed by atoms with Crippen LogP contribution in [-0.4, -0.2) is 11.0 Å². The number of para-hydroxylation sites is 1. The number of benzene rings is 2. The number of rotatable bonds is 1. The summed E-state index contributed by atoms with van der Waals surface area (Å²) in [7, 11) is 0. The van der Waals surface area contributed by atoms with E-state index in [1.54, 1.807) is 4.57 Å². The van der Waals surface area contributed by atoms with Crippen molar-refractivity contribution in [2.24, 2.45) is 0 Å². The molecule has 0 unspecified atom stereocenters. The van der Waals surface area contributed by atoms with E-state index < -0.39 is 0 Å². The quantitative estimate of drug-likeness (QED) is 0.564. The zero-order valence-corrected chi connectivity index (χ0v) is 8.97. The topological polar surface area (TPSA) is 22.0 Å². The van der Waals surface area contributed by atoms with E-state index in [0.29, 0.717) is 0 Å². The van der Waals surface area contributed by atoms with Crippen molar-refractivity contribution in [1.82, 2.24) is 4.57 Å². The van der Waals surface area contributed by atoms with E-state index in [2.05, 4.69) is 12.1 Å².